The number of methoxy groups -OCH3 is 1. The van der Waals surface area contributed by atoms with Gasteiger partial charge in [0.05, 0.1) is 24.7 Å². The average Bonchev–Trinajstić information content (AvgIpc) is 2.15. The molecule has 5 nitrogen and oxygen atoms in total. The molecule has 2 N–H and O–H groups in total. The fourth-order valence-corrected chi connectivity index (χ4v) is 1.68. The van der Waals surface area contributed by atoms with Crippen molar-refractivity contribution in [3.05, 3.63) is 17.9 Å². The highest BCUT2D eigenvalue weighted by Gasteiger charge is 2.17. The Hall–Kier alpha value is -1.50. The van der Waals surface area contributed by atoms with Crippen LogP contribution in [-0.2, 0) is 10.0 Å². The van der Waals surface area contributed by atoms with Crippen molar-refractivity contribution in [1.82, 2.24) is 0 Å². The molecule has 0 bridgehead atoms. The first kappa shape index (κ1) is 12.6. The van der Waals surface area contributed by atoms with Crippen LogP contribution in [0.15, 0.2) is 12.1 Å². The molecule has 1 aromatic rings. The molecule has 7 heteroatoms. The zero-order chi connectivity index (χ0) is 12.5. The highest BCUT2D eigenvalue weighted by molar-refractivity contribution is 7.92. The molecule has 0 heterocycles. The minimum Gasteiger partial charge on any atom is -0.494 e. The molecular formula is C9H13FN2O3S. The van der Waals surface area contributed by atoms with Crippen LogP contribution in [-0.4, -0.2) is 28.8 Å². The SMILES string of the molecule is COc1cc(N(C)S(C)(=O)=O)c(N)cc1F. The summed E-state index contributed by atoms with van der Waals surface area (Å²) in [7, 11) is -0.819. The number of halogens is 1. The quantitative estimate of drug-likeness (QED) is 0.803. The molecule has 0 aliphatic rings. The maximum Gasteiger partial charge on any atom is 0.232 e. The van der Waals surface area contributed by atoms with E-state index < -0.39 is 15.8 Å². The molecule has 1 aromatic carbocycles. The van der Waals surface area contributed by atoms with Crippen LogP contribution >= 0.6 is 0 Å². The van der Waals surface area contributed by atoms with Gasteiger partial charge in [-0.2, -0.15) is 0 Å². The second kappa shape index (κ2) is 4.17. The van der Waals surface area contributed by atoms with Crippen molar-refractivity contribution in [3.63, 3.8) is 0 Å². The lowest BCUT2D eigenvalue weighted by molar-refractivity contribution is 0.387. The first-order chi connectivity index (χ1) is 7.27. The Bertz CT molecular complexity index is 502. The fraction of sp³-hybridized carbons (Fsp3) is 0.333. The Morgan fingerprint density at radius 1 is 1.44 bits per heavy atom. The highest BCUT2D eigenvalue weighted by Crippen LogP contribution is 2.31. The zero-order valence-electron chi connectivity index (χ0n) is 9.19. The van der Waals surface area contributed by atoms with Gasteiger partial charge in [0, 0.05) is 19.2 Å². The molecule has 0 aliphatic carbocycles. The van der Waals surface area contributed by atoms with Crippen molar-refractivity contribution in [2.75, 3.05) is 30.5 Å². The summed E-state index contributed by atoms with van der Waals surface area (Å²) in [5, 5.41) is 0. The summed E-state index contributed by atoms with van der Waals surface area (Å²) < 4.78 is 41.5. The molecule has 0 radical (unpaired) electrons. The van der Waals surface area contributed by atoms with Crippen LogP contribution in [0, 0.1) is 5.82 Å². The van der Waals surface area contributed by atoms with Gasteiger partial charge < -0.3 is 10.5 Å². The maximum absolute atomic E-state index is 13.2. The summed E-state index contributed by atoms with van der Waals surface area (Å²) in [6.45, 7) is 0. The lowest BCUT2D eigenvalue weighted by atomic mass is 10.2. The van der Waals surface area contributed by atoms with Crippen LogP contribution in [0.25, 0.3) is 0 Å². The molecule has 0 aromatic heterocycles. The van der Waals surface area contributed by atoms with Gasteiger partial charge in [0.2, 0.25) is 10.0 Å². The highest BCUT2D eigenvalue weighted by atomic mass is 32.2. The molecule has 16 heavy (non-hydrogen) atoms. The van der Waals surface area contributed by atoms with E-state index in [1.54, 1.807) is 0 Å². The Balaban J connectivity index is 3.35. The van der Waals surface area contributed by atoms with Gasteiger partial charge in [-0.3, -0.25) is 4.31 Å². The van der Waals surface area contributed by atoms with Crippen LogP contribution < -0.4 is 14.8 Å². The topological polar surface area (TPSA) is 72.6 Å². The van der Waals surface area contributed by atoms with Gasteiger partial charge in [-0.05, 0) is 0 Å². The summed E-state index contributed by atoms with van der Waals surface area (Å²) in [6.07, 6.45) is 1.03. The van der Waals surface area contributed by atoms with Crippen molar-refractivity contribution < 1.29 is 17.5 Å². The van der Waals surface area contributed by atoms with E-state index in [2.05, 4.69) is 0 Å². The van der Waals surface area contributed by atoms with Crippen molar-refractivity contribution in [2.24, 2.45) is 0 Å². The summed E-state index contributed by atoms with van der Waals surface area (Å²) in [5.41, 5.74) is 5.76. The Morgan fingerprint density at radius 3 is 2.44 bits per heavy atom. The van der Waals surface area contributed by atoms with E-state index in [-0.39, 0.29) is 17.1 Å². The molecule has 0 amide bonds. The van der Waals surface area contributed by atoms with Gasteiger partial charge in [0.25, 0.3) is 0 Å². The smallest absolute Gasteiger partial charge is 0.232 e. The number of sulfonamides is 1. The number of benzene rings is 1. The molecule has 90 valence electrons. The minimum absolute atomic E-state index is 0.0335. The lowest BCUT2D eigenvalue weighted by Crippen LogP contribution is -2.25. The summed E-state index contributed by atoms with van der Waals surface area (Å²) >= 11 is 0. The van der Waals surface area contributed by atoms with Gasteiger partial charge >= 0.3 is 0 Å². The lowest BCUT2D eigenvalue weighted by Gasteiger charge is -2.19. The minimum atomic E-state index is -3.44. The molecule has 0 aliphatic heterocycles. The van der Waals surface area contributed by atoms with Crippen molar-refractivity contribution in [3.8, 4) is 5.75 Å². The van der Waals surface area contributed by atoms with E-state index in [1.807, 2.05) is 0 Å². The maximum atomic E-state index is 13.2. The van der Waals surface area contributed by atoms with Crippen LogP contribution in [0.1, 0.15) is 0 Å². The third-order valence-electron chi connectivity index (χ3n) is 2.14. The molecule has 0 atom stereocenters. The Morgan fingerprint density at radius 2 is 2.00 bits per heavy atom. The second-order valence-corrected chi connectivity index (χ2v) is 5.29. The van der Waals surface area contributed by atoms with Crippen molar-refractivity contribution >= 4 is 21.4 Å². The predicted molar refractivity (Wildman–Crippen MR) is 60.6 cm³/mol. The fourth-order valence-electron chi connectivity index (χ4n) is 1.17. The van der Waals surface area contributed by atoms with Gasteiger partial charge in [-0.25, -0.2) is 12.8 Å². The number of ether oxygens (including phenoxy) is 1. The van der Waals surface area contributed by atoms with E-state index in [9.17, 15) is 12.8 Å². The van der Waals surface area contributed by atoms with Crippen molar-refractivity contribution in [2.45, 2.75) is 0 Å². The molecule has 0 unspecified atom stereocenters. The number of anilines is 2. The standard InChI is InChI=1S/C9H13FN2O3S/c1-12(16(3,13)14)8-5-9(15-2)6(10)4-7(8)11/h4-5H,11H2,1-3H3. The number of nitrogens with zero attached hydrogens (tertiary/aromatic N) is 1. The Kier molecular flexibility index (Phi) is 3.27. The first-order valence-corrected chi connectivity index (χ1v) is 6.19. The van der Waals surface area contributed by atoms with Crippen molar-refractivity contribution in [1.29, 1.82) is 0 Å². The van der Waals surface area contributed by atoms with E-state index in [4.69, 9.17) is 10.5 Å². The zero-order valence-corrected chi connectivity index (χ0v) is 10.0. The van der Waals surface area contributed by atoms with E-state index in [0.717, 1.165) is 16.6 Å². The largest absolute Gasteiger partial charge is 0.494 e. The molecule has 1 rings (SSSR count). The second-order valence-electron chi connectivity index (χ2n) is 3.28. The number of rotatable bonds is 3. The van der Waals surface area contributed by atoms with E-state index in [1.165, 1.54) is 20.2 Å². The third-order valence-corrected chi connectivity index (χ3v) is 3.33. The molecule has 0 saturated heterocycles. The van der Waals surface area contributed by atoms with E-state index in [0.29, 0.717) is 0 Å². The predicted octanol–water partition coefficient (Wildman–Crippen LogP) is 0.812. The van der Waals surface area contributed by atoms with Crippen LogP contribution in [0.5, 0.6) is 5.75 Å². The summed E-state index contributed by atoms with van der Waals surface area (Å²) in [4.78, 5) is 0. The van der Waals surface area contributed by atoms with Gasteiger partial charge in [0.1, 0.15) is 0 Å². The van der Waals surface area contributed by atoms with Crippen LogP contribution in [0.4, 0.5) is 15.8 Å². The summed E-state index contributed by atoms with van der Waals surface area (Å²) in [6, 6.07) is 2.27. The van der Waals surface area contributed by atoms with Gasteiger partial charge in [-0.15, -0.1) is 0 Å². The number of nitrogens with two attached hydrogens (primary N) is 1. The van der Waals surface area contributed by atoms with Crippen LogP contribution in [0.3, 0.4) is 0 Å². The third kappa shape index (κ3) is 2.35. The number of nitrogen functional groups attached to an aromatic ring is 1. The average molecular weight is 248 g/mol. The molecule has 0 saturated carbocycles. The normalized spacial score (nSPS) is 11.2. The van der Waals surface area contributed by atoms with E-state index >= 15 is 0 Å². The first-order valence-electron chi connectivity index (χ1n) is 4.34. The molecular weight excluding hydrogens is 235 g/mol. The molecule has 0 fully saturated rings. The van der Waals surface area contributed by atoms with Gasteiger partial charge in [-0.1, -0.05) is 0 Å². The van der Waals surface area contributed by atoms with Gasteiger partial charge in [0.15, 0.2) is 11.6 Å². The number of hydrogen-bond acceptors (Lipinski definition) is 4. The Labute approximate surface area is 93.7 Å². The molecule has 0 spiro atoms. The summed E-state index contributed by atoms with van der Waals surface area (Å²) in [5.74, 6) is -0.689. The van der Waals surface area contributed by atoms with Crippen LogP contribution in [0.2, 0.25) is 0 Å². The monoisotopic (exact) mass is 248 g/mol. The number of hydrogen-bond donors (Lipinski definition) is 1.